The molecular weight excluding hydrogens is 633 g/mol. The Bertz CT molecular complexity index is 2100. The van der Waals surface area contributed by atoms with Gasteiger partial charge in [0.05, 0.1) is 17.1 Å². The van der Waals surface area contributed by atoms with Gasteiger partial charge in [0.1, 0.15) is 52.9 Å². The number of nitrogens with zero attached hydrogens (tertiary/aromatic N) is 5. The van der Waals surface area contributed by atoms with Gasteiger partial charge in [-0.05, 0) is 74.6 Å². The number of halogens is 3. The fraction of sp³-hybridized carbons (Fsp3) is 0.486. The van der Waals surface area contributed by atoms with E-state index in [1.54, 1.807) is 0 Å². The van der Waals surface area contributed by atoms with Gasteiger partial charge in [-0.3, -0.25) is 4.90 Å². The highest BCUT2D eigenvalue weighted by atomic mass is 19.1. The summed E-state index contributed by atoms with van der Waals surface area (Å²) in [5, 5.41) is 15.6. The smallest absolute Gasteiger partial charge is 0.319 e. The molecule has 0 unspecified atom stereocenters. The molecule has 5 aliphatic heterocycles. The number of anilines is 1. The van der Waals surface area contributed by atoms with Crippen LogP contribution in [0.2, 0.25) is 0 Å². The van der Waals surface area contributed by atoms with Crippen molar-refractivity contribution < 1.29 is 27.8 Å². The fourth-order valence-electron chi connectivity index (χ4n) is 9.51. The second-order valence-electron chi connectivity index (χ2n) is 14.8. The van der Waals surface area contributed by atoms with E-state index >= 15 is 8.78 Å². The lowest BCUT2D eigenvalue weighted by Gasteiger charge is -2.43. The van der Waals surface area contributed by atoms with Crippen molar-refractivity contribution in [1.82, 2.24) is 25.2 Å². The maximum absolute atomic E-state index is 17.3. The third kappa shape index (κ3) is 4.44. The summed E-state index contributed by atoms with van der Waals surface area (Å²) < 4.78 is 60.2. The highest BCUT2D eigenvalue weighted by Gasteiger charge is 2.53. The number of pyridine rings is 1. The molecule has 6 aliphatic rings. The first kappa shape index (κ1) is 29.6. The van der Waals surface area contributed by atoms with E-state index in [0.717, 1.165) is 45.1 Å². The highest BCUT2D eigenvalue weighted by Crippen LogP contribution is 2.49. The van der Waals surface area contributed by atoms with Crippen LogP contribution in [0, 0.1) is 29.9 Å². The lowest BCUT2D eigenvalue weighted by Crippen LogP contribution is -2.63. The Kier molecular flexibility index (Phi) is 6.38. The molecule has 0 radical (unpaired) electrons. The number of piperazine rings is 1. The van der Waals surface area contributed by atoms with Crippen LogP contribution in [0.4, 0.5) is 19.0 Å². The predicted molar refractivity (Wildman–Crippen MR) is 177 cm³/mol. The van der Waals surface area contributed by atoms with Gasteiger partial charge in [0.15, 0.2) is 5.82 Å². The number of aromatic hydroxyl groups is 1. The Hall–Kier alpha value is -4.34. The molecule has 0 amide bonds. The molecule has 5 fully saturated rings. The Balaban J connectivity index is 1.20. The molecule has 6 atom stereocenters. The summed E-state index contributed by atoms with van der Waals surface area (Å²) in [6.45, 7) is 2.03. The van der Waals surface area contributed by atoms with Crippen LogP contribution in [0.15, 0.2) is 24.3 Å². The number of hydrogen-bond donors (Lipinski definition) is 2. The minimum Gasteiger partial charge on any atom is -0.508 e. The normalized spacial score (nSPS) is 30.2. The van der Waals surface area contributed by atoms with Gasteiger partial charge < -0.3 is 24.8 Å². The van der Waals surface area contributed by atoms with Crippen LogP contribution in [-0.2, 0) is 0 Å². The number of hydrogen-bond acceptors (Lipinski definition) is 9. The van der Waals surface area contributed by atoms with E-state index in [4.69, 9.17) is 25.9 Å². The largest absolute Gasteiger partial charge is 0.508 e. The van der Waals surface area contributed by atoms with Crippen molar-refractivity contribution in [2.24, 2.45) is 5.92 Å². The maximum atomic E-state index is 17.3. The summed E-state index contributed by atoms with van der Waals surface area (Å²) in [6, 6.07) is 5.83. The SMILES string of the molecule is C#Cc1c(F)ccc2cc(O)cc(-c3nc4c5c(nc(OC[C@@]67CCCN6C[C@H](F)C7)nc5c3F)N3C[C@H]5CC[C@H](N5)[C@H]3[C@H](C3CC3)O4)c12. The Morgan fingerprint density at radius 3 is 2.82 bits per heavy atom. The van der Waals surface area contributed by atoms with Gasteiger partial charge in [0.2, 0.25) is 5.88 Å². The van der Waals surface area contributed by atoms with Crippen LogP contribution in [0.25, 0.3) is 32.9 Å². The summed E-state index contributed by atoms with van der Waals surface area (Å²) in [5.74, 6) is 1.80. The molecule has 2 N–H and O–H groups in total. The van der Waals surface area contributed by atoms with Crippen LogP contribution < -0.4 is 19.7 Å². The van der Waals surface area contributed by atoms with Crippen LogP contribution in [0.1, 0.15) is 50.5 Å². The molecule has 2 aromatic heterocycles. The van der Waals surface area contributed by atoms with E-state index in [0.29, 0.717) is 42.0 Å². The van der Waals surface area contributed by atoms with Crippen molar-refractivity contribution in [2.45, 2.75) is 80.9 Å². The number of fused-ring (bicyclic) bond motifs is 7. The molecule has 7 heterocycles. The number of nitrogens with one attached hydrogen (secondary N) is 1. The average molecular weight is 669 g/mol. The first-order valence-electron chi connectivity index (χ1n) is 17.3. The second kappa shape index (κ2) is 10.6. The van der Waals surface area contributed by atoms with Crippen LogP contribution in [0.3, 0.4) is 0 Å². The summed E-state index contributed by atoms with van der Waals surface area (Å²) in [7, 11) is 0. The molecular formula is C37H35F3N6O3. The molecule has 2 aromatic carbocycles. The highest BCUT2D eigenvalue weighted by molar-refractivity contribution is 6.04. The first-order chi connectivity index (χ1) is 23.8. The molecule has 1 saturated carbocycles. The number of benzene rings is 2. The van der Waals surface area contributed by atoms with Crippen molar-refractivity contribution in [2.75, 3.05) is 31.1 Å². The van der Waals surface area contributed by atoms with Crippen molar-refractivity contribution >= 4 is 27.5 Å². The molecule has 252 valence electrons. The van der Waals surface area contributed by atoms with E-state index in [-0.39, 0.29) is 76.2 Å². The molecule has 49 heavy (non-hydrogen) atoms. The Labute approximate surface area is 280 Å². The molecule has 9 nitrogen and oxygen atoms in total. The van der Waals surface area contributed by atoms with E-state index in [2.05, 4.69) is 26.0 Å². The zero-order valence-corrected chi connectivity index (χ0v) is 26.8. The van der Waals surface area contributed by atoms with Crippen molar-refractivity contribution in [1.29, 1.82) is 0 Å². The predicted octanol–water partition coefficient (Wildman–Crippen LogP) is 5.25. The quantitative estimate of drug-likeness (QED) is 0.277. The molecule has 1 aliphatic carbocycles. The van der Waals surface area contributed by atoms with Gasteiger partial charge in [-0.1, -0.05) is 12.0 Å². The molecule has 0 spiro atoms. The Morgan fingerprint density at radius 1 is 1.10 bits per heavy atom. The van der Waals surface area contributed by atoms with Gasteiger partial charge in [-0.15, -0.1) is 6.42 Å². The number of alkyl halides is 1. The number of ether oxygens (including phenoxy) is 2. The average Bonchev–Trinajstić information content (AvgIpc) is 3.69. The third-order valence-electron chi connectivity index (χ3n) is 11.8. The number of rotatable bonds is 5. The van der Waals surface area contributed by atoms with Gasteiger partial charge in [0.25, 0.3) is 0 Å². The minimum absolute atomic E-state index is 0.00124. The van der Waals surface area contributed by atoms with E-state index in [1.807, 2.05) is 0 Å². The standard InChI is InChI=1S/C37H35F3N6O3/c1-2-23-25(39)8-6-19-12-22(47)13-24(27(19)23)30-29(40)31-28-34(44-36(43-31)48-17-37-10-3-11-45(37)15-20(38)14-37)46-16-21-7-9-26(41-21)32(46)33(18-4-5-18)49-35(28)42-30/h1,6,8,12-13,18,20-21,26,32-33,41,47H,3-5,7,9-11,14-17H2/t20-,21-,26+,32+,33+,37+/m1/s1. The van der Waals surface area contributed by atoms with Crippen LogP contribution >= 0.6 is 0 Å². The maximum Gasteiger partial charge on any atom is 0.319 e. The molecule has 12 heteroatoms. The van der Waals surface area contributed by atoms with E-state index < -0.39 is 23.3 Å². The summed E-state index contributed by atoms with van der Waals surface area (Å²) in [4.78, 5) is 18.9. The van der Waals surface area contributed by atoms with Gasteiger partial charge in [-0.25, -0.2) is 18.2 Å². The number of phenols is 1. The molecule has 2 bridgehead atoms. The zero-order chi connectivity index (χ0) is 33.2. The summed E-state index contributed by atoms with van der Waals surface area (Å²) in [5.41, 5.74) is -0.619. The molecule has 10 rings (SSSR count). The van der Waals surface area contributed by atoms with E-state index in [1.165, 1.54) is 24.3 Å². The van der Waals surface area contributed by atoms with Gasteiger partial charge in [0, 0.05) is 42.5 Å². The lowest BCUT2D eigenvalue weighted by molar-refractivity contribution is 0.107. The second-order valence-corrected chi connectivity index (χ2v) is 14.8. The van der Waals surface area contributed by atoms with Crippen molar-refractivity contribution in [3.63, 3.8) is 0 Å². The lowest BCUT2D eigenvalue weighted by atomic mass is 9.95. The molecule has 4 saturated heterocycles. The monoisotopic (exact) mass is 668 g/mol. The first-order valence-corrected chi connectivity index (χ1v) is 17.3. The number of terminal acetylenes is 1. The minimum atomic E-state index is -0.928. The van der Waals surface area contributed by atoms with Crippen LogP contribution in [0.5, 0.6) is 17.6 Å². The third-order valence-corrected chi connectivity index (χ3v) is 11.8. The van der Waals surface area contributed by atoms with Crippen LogP contribution in [-0.4, -0.2) is 87.1 Å². The number of aromatic nitrogens is 3. The number of phenolic OH excluding ortho intramolecular Hbond substituents is 1. The summed E-state index contributed by atoms with van der Waals surface area (Å²) in [6.07, 6.45) is 10.8. The zero-order valence-electron chi connectivity index (χ0n) is 26.8. The summed E-state index contributed by atoms with van der Waals surface area (Å²) >= 11 is 0. The van der Waals surface area contributed by atoms with E-state index in [9.17, 15) is 9.50 Å². The topological polar surface area (TPSA) is 95.9 Å². The van der Waals surface area contributed by atoms with Crippen molar-refractivity contribution in [3.8, 4) is 41.2 Å². The van der Waals surface area contributed by atoms with Crippen molar-refractivity contribution in [3.05, 3.63) is 41.5 Å². The van der Waals surface area contributed by atoms with Gasteiger partial charge in [-0.2, -0.15) is 9.97 Å². The molecule has 4 aromatic rings. The fourth-order valence-corrected chi connectivity index (χ4v) is 9.51. The van der Waals surface area contributed by atoms with Gasteiger partial charge >= 0.3 is 6.01 Å². The Morgan fingerprint density at radius 2 is 1.98 bits per heavy atom.